The van der Waals surface area contributed by atoms with Crippen molar-refractivity contribution in [3.05, 3.63) is 60.2 Å². The fraction of sp³-hybridized carbons (Fsp3) is 0.500. The summed E-state index contributed by atoms with van der Waals surface area (Å²) in [5.41, 5.74) is 3.52. The molecule has 2 aromatic rings. The van der Waals surface area contributed by atoms with E-state index in [1.54, 1.807) is 6.08 Å². The fourth-order valence-corrected chi connectivity index (χ4v) is 3.84. The molecular formula is C24H34ClN3O3. The van der Waals surface area contributed by atoms with Gasteiger partial charge in [-0.15, -0.1) is 12.4 Å². The highest BCUT2D eigenvalue weighted by atomic mass is 35.5. The van der Waals surface area contributed by atoms with E-state index in [0.29, 0.717) is 13.2 Å². The molecule has 1 unspecified atom stereocenters. The molecule has 0 bridgehead atoms. The molecule has 1 saturated carbocycles. The van der Waals surface area contributed by atoms with Crippen LogP contribution in [0.2, 0.25) is 0 Å². The number of aromatic nitrogens is 2. The quantitative estimate of drug-likeness (QED) is 0.323. The summed E-state index contributed by atoms with van der Waals surface area (Å²) in [6.45, 7) is 5.60. The Balaban J connectivity index is 0.00000341. The van der Waals surface area contributed by atoms with E-state index in [2.05, 4.69) is 28.9 Å². The molecule has 31 heavy (non-hydrogen) atoms. The molecule has 0 spiro atoms. The number of carbonyl (C=O) groups is 1. The van der Waals surface area contributed by atoms with E-state index in [-0.39, 0.29) is 24.2 Å². The minimum absolute atomic E-state index is 0. The maximum Gasteiger partial charge on any atom is 0.267 e. The molecule has 1 fully saturated rings. The molecule has 1 heterocycles. The molecule has 0 saturated heterocycles. The van der Waals surface area contributed by atoms with Crippen LogP contribution in [0, 0.1) is 11.8 Å². The number of nitrogens with one attached hydrogen (secondary N) is 1. The zero-order valence-electron chi connectivity index (χ0n) is 18.4. The Hall–Kier alpha value is -2.15. The average molecular weight is 448 g/mol. The predicted octanol–water partition coefficient (Wildman–Crippen LogP) is 4.80. The van der Waals surface area contributed by atoms with Crippen LogP contribution < -0.4 is 5.48 Å². The lowest BCUT2D eigenvalue weighted by Crippen LogP contribution is -2.37. The highest BCUT2D eigenvalue weighted by molar-refractivity contribution is 5.90. The van der Waals surface area contributed by atoms with E-state index in [1.807, 2.05) is 42.7 Å². The number of amides is 1. The SMILES string of the molecule is CCc1nccn1CCOC(ONC(=O)/C=C/c1ccccc1)C1CCC(C)CC1.Cl. The van der Waals surface area contributed by atoms with Crippen LogP contribution in [0.3, 0.4) is 0 Å². The Labute approximate surface area is 191 Å². The van der Waals surface area contributed by atoms with E-state index < -0.39 is 6.29 Å². The van der Waals surface area contributed by atoms with Crippen molar-refractivity contribution in [2.24, 2.45) is 11.8 Å². The van der Waals surface area contributed by atoms with E-state index in [0.717, 1.165) is 49.4 Å². The van der Waals surface area contributed by atoms with Crippen LogP contribution in [0.1, 0.15) is 50.9 Å². The molecule has 1 aliphatic carbocycles. The molecule has 1 aromatic heterocycles. The highest BCUT2D eigenvalue weighted by Gasteiger charge is 2.28. The van der Waals surface area contributed by atoms with E-state index >= 15 is 0 Å². The number of imidazole rings is 1. The minimum atomic E-state index is -0.444. The third kappa shape index (κ3) is 8.13. The monoisotopic (exact) mass is 447 g/mol. The number of hydroxylamine groups is 1. The van der Waals surface area contributed by atoms with Gasteiger partial charge in [0.2, 0.25) is 0 Å². The van der Waals surface area contributed by atoms with Gasteiger partial charge in [0.25, 0.3) is 5.91 Å². The number of carbonyl (C=O) groups excluding carboxylic acids is 1. The van der Waals surface area contributed by atoms with Gasteiger partial charge < -0.3 is 9.30 Å². The van der Waals surface area contributed by atoms with Gasteiger partial charge in [-0.1, -0.05) is 57.0 Å². The number of halogens is 1. The largest absolute Gasteiger partial charge is 0.348 e. The Morgan fingerprint density at radius 1 is 1.26 bits per heavy atom. The summed E-state index contributed by atoms with van der Waals surface area (Å²) in [4.78, 5) is 22.3. The van der Waals surface area contributed by atoms with Crippen LogP contribution >= 0.6 is 12.4 Å². The van der Waals surface area contributed by atoms with Crippen molar-refractivity contribution in [2.75, 3.05) is 6.61 Å². The Morgan fingerprint density at radius 2 is 2.00 bits per heavy atom. The molecule has 6 nitrogen and oxygen atoms in total. The molecule has 170 valence electrons. The van der Waals surface area contributed by atoms with Gasteiger partial charge in [-0.2, -0.15) is 0 Å². The number of hydrogen-bond donors (Lipinski definition) is 1. The van der Waals surface area contributed by atoms with Crippen molar-refractivity contribution in [3.8, 4) is 0 Å². The summed E-state index contributed by atoms with van der Waals surface area (Å²) in [7, 11) is 0. The summed E-state index contributed by atoms with van der Waals surface area (Å²) in [6.07, 6.45) is 11.9. The molecule has 1 aliphatic rings. The van der Waals surface area contributed by atoms with Crippen LogP contribution in [-0.4, -0.2) is 28.4 Å². The zero-order valence-corrected chi connectivity index (χ0v) is 19.2. The van der Waals surface area contributed by atoms with Gasteiger partial charge >= 0.3 is 0 Å². The summed E-state index contributed by atoms with van der Waals surface area (Å²) in [6, 6.07) is 9.71. The molecule has 1 amide bonds. The predicted molar refractivity (Wildman–Crippen MR) is 124 cm³/mol. The lowest BCUT2D eigenvalue weighted by Gasteiger charge is -2.32. The molecule has 1 N–H and O–H groups in total. The molecule has 1 aromatic carbocycles. The standard InChI is InChI=1S/C24H33N3O3.ClH/c1-3-22-25-15-16-27(22)17-18-29-24(21-12-9-19(2)10-13-21)30-26-23(28)14-11-20-7-5-4-6-8-20;/h4-8,11,14-16,19,21,24H,3,9-10,12-13,17-18H2,1-2H3,(H,26,28);1H/b14-11+;. The first-order valence-corrected chi connectivity index (χ1v) is 11.0. The van der Waals surface area contributed by atoms with Crippen molar-refractivity contribution in [1.82, 2.24) is 15.0 Å². The van der Waals surface area contributed by atoms with Gasteiger partial charge in [0, 0.05) is 37.4 Å². The lowest BCUT2D eigenvalue weighted by atomic mass is 9.83. The Morgan fingerprint density at radius 3 is 2.71 bits per heavy atom. The molecule has 7 heteroatoms. The lowest BCUT2D eigenvalue weighted by molar-refractivity contribution is -0.212. The van der Waals surface area contributed by atoms with E-state index in [1.165, 1.54) is 6.08 Å². The summed E-state index contributed by atoms with van der Waals surface area (Å²) in [5, 5.41) is 0. The molecule has 1 atom stereocenters. The first kappa shape index (κ1) is 25.1. The first-order valence-electron chi connectivity index (χ1n) is 11.0. The molecular weight excluding hydrogens is 414 g/mol. The van der Waals surface area contributed by atoms with Gasteiger partial charge in [-0.3, -0.25) is 4.79 Å². The minimum Gasteiger partial charge on any atom is -0.348 e. The number of ether oxygens (including phenoxy) is 1. The highest BCUT2D eigenvalue weighted by Crippen LogP contribution is 2.31. The number of aryl methyl sites for hydroxylation is 1. The second kappa shape index (κ2) is 13.3. The van der Waals surface area contributed by atoms with Crippen LogP contribution in [0.5, 0.6) is 0 Å². The topological polar surface area (TPSA) is 65.4 Å². The number of hydrogen-bond acceptors (Lipinski definition) is 4. The second-order valence-corrected chi connectivity index (χ2v) is 7.98. The van der Waals surface area contributed by atoms with Gasteiger partial charge in [-0.25, -0.2) is 15.3 Å². The number of nitrogens with zero attached hydrogens (tertiary/aromatic N) is 2. The van der Waals surface area contributed by atoms with Crippen molar-refractivity contribution in [2.45, 2.75) is 58.8 Å². The van der Waals surface area contributed by atoms with Crippen LogP contribution in [0.25, 0.3) is 6.08 Å². The summed E-state index contributed by atoms with van der Waals surface area (Å²) < 4.78 is 8.19. The number of benzene rings is 1. The normalized spacial score (nSPS) is 19.7. The van der Waals surface area contributed by atoms with E-state index in [9.17, 15) is 4.79 Å². The van der Waals surface area contributed by atoms with Gasteiger partial charge in [-0.05, 0) is 30.4 Å². The second-order valence-electron chi connectivity index (χ2n) is 7.98. The van der Waals surface area contributed by atoms with Crippen molar-refractivity contribution >= 4 is 24.4 Å². The van der Waals surface area contributed by atoms with Gasteiger partial charge in [0.1, 0.15) is 5.82 Å². The average Bonchev–Trinajstić information content (AvgIpc) is 3.23. The van der Waals surface area contributed by atoms with Gasteiger partial charge in [0.05, 0.1) is 6.61 Å². The van der Waals surface area contributed by atoms with Crippen LogP contribution in [0.4, 0.5) is 0 Å². The molecule has 0 aliphatic heterocycles. The Bertz CT molecular complexity index is 801. The van der Waals surface area contributed by atoms with Gasteiger partial charge in [0.15, 0.2) is 6.29 Å². The van der Waals surface area contributed by atoms with E-state index in [4.69, 9.17) is 9.57 Å². The van der Waals surface area contributed by atoms with Crippen molar-refractivity contribution < 1.29 is 14.4 Å². The molecule has 0 radical (unpaired) electrons. The summed E-state index contributed by atoms with van der Waals surface area (Å²) >= 11 is 0. The third-order valence-electron chi connectivity index (χ3n) is 5.68. The third-order valence-corrected chi connectivity index (χ3v) is 5.68. The summed E-state index contributed by atoms with van der Waals surface area (Å²) in [5.74, 6) is 1.78. The fourth-order valence-electron chi connectivity index (χ4n) is 3.84. The van der Waals surface area contributed by atoms with Crippen molar-refractivity contribution in [3.63, 3.8) is 0 Å². The number of rotatable bonds is 10. The maximum absolute atomic E-state index is 12.2. The van der Waals surface area contributed by atoms with Crippen molar-refractivity contribution in [1.29, 1.82) is 0 Å². The maximum atomic E-state index is 12.2. The zero-order chi connectivity index (χ0) is 21.2. The first-order chi connectivity index (χ1) is 14.7. The molecule has 3 rings (SSSR count). The van der Waals surface area contributed by atoms with Crippen LogP contribution in [-0.2, 0) is 27.3 Å². The smallest absolute Gasteiger partial charge is 0.267 e. The Kier molecular flexibility index (Phi) is 10.8. The van der Waals surface area contributed by atoms with Crippen LogP contribution in [0.15, 0.2) is 48.8 Å².